The highest BCUT2D eigenvalue weighted by molar-refractivity contribution is 7.13. The minimum Gasteiger partial charge on any atom is -0.390 e. The van der Waals surface area contributed by atoms with Crippen LogP contribution in [0, 0.1) is 35.5 Å². The number of hydrogen-bond acceptors (Lipinski definition) is 7. The van der Waals surface area contributed by atoms with Crippen LogP contribution in [0.4, 0.5) is 5.82 Å². The molecule has 2 bridgehead atoms. The fraction of sp³-hybridized carbons (Fsp3) is 0.690. The fourth-order valence-corrected chi connectivity index (χ4v) is 9.40. The lowest BCUT2D eigenvalue weighted by atomic mass is 9.73. The van der Waals surface area contributed by atoms with Crippen molar-refractivity contribution in [2.24, 2.45) is 35.5 Å². The van der Waals surface area contributed by atoms with Crippen molar-refractivity contribution in [3.63, 3.8) is 0 Å². The molecule has 0 unspecified atom stereocenters. The van der Waals surface area contributed by atoms with Crippen LogP contribution in [0.3, 0.4) is 0 Å². The number of benzene rings is 1. The van der Waals surface area contributed by atoms with Gasteiger partial charge in [-0.1, -0.05) is 25.0 Å². The van der Waals surface area contributed by atoms with E-state index in [2.05, 4.69) is 34.1 Å². The second-order valence-corrected chi connectivity index (χ2v) is 13.4. The third kappa shape index (κ3) is 3.93. The average Bonchev–Trinajstić information content (AvgIpc) is 3.62. The van der Waals surface area contributed by atoms with E-state index in [4.69, 9.17) is 4.37 Å². The molecule has 1 N–H and O–H groups in total. The number of hydrogen-bond donors (Lipinski definition) is 1. The lowest BCUT2D eigenvalue weighted by Gasteiger charge is -2.40. The highest BCUT2D eigenvalue weighted by Gasteiger charge is 2.67. The summed E-state index contributed by atoms with van der Waals surface area (Å²) in [6.45, 7) is 7.53. The topological polar surface area (TPSA) is 77.0 Å². The molecule has 3 saturated carbocycles. The number of carbonyl (C=O) groups excluding carboxylic acids is 2. The van der Waals surface area contributed by atoms with Gasteiger partial charge in [-0.2, -0.15) is 4.37 Å². The smallest absolute Gasteiger partial charge is 0.233 e. The van der Waals surface area contributed by atoms with Crippen LogP contribution >= 0.6 is 11.5 Å². The van der Waals surface area contributed by atoms with Crippen molar-refractivity contribution in [2.45, 2.75) is 51.0 Å². The molecule has 2 amide bonds. The van der Waals surface area contributed by atoms with Gasteiger partial charge in [0.05, 0.1) is 22.1 Å². The highest BCUT2D eigenvalue weighted by Crippen LogP contribution is 2.60. The Morgan fingerprint density at radius 2 is 1.70 bits per heavy atom. The normalized spacial score (nSPS) is 38.2. The molecule has 5 aliphatic rings. The second-order valence-electron chi connectivity index (χ2n) is 12.6. The fourth-order valence-electron chi connectivity index (χ4n) is 8.60. The van der Waals surface area contributed by atoms with Gasteiger partial charge in [0, 0.05) is 50.6 Å². The quantitative estimate of drug-likeness (QED) is 0.605. The number of fused-ring (bicyclic) bond motifs is 6. The number of nitrogens with zero attached hydrogens (tertiary/aromatic N) is 4. The Kier molecular flexibility index (Phi) is 5.86. The summed E-state index contributed by atoms with van der Waals surface area (Å²) in [6, 6.07) is 8.49. The summed E-state index contributed by atoms with van der Waals surface area (Å²) in [5, 5.41) is 12.1. The molecule has 1 aromatic carbocycles. The molecule has 2 saturated heterocycles. The maximum atomic E-state index is 13.5. The third-order valence-corrected chi connectivity index (χ3v) is 11.3. The Labute approximate surface area is 223 Å². The number of rotatable bonds is 5. The number of amides is 2. The SMILES string of the molecule is C[C@@]1(O)C[C@@H]2C[C@H]1[C@@H]1C(=O)N(C[C@@H]3CCCC[C@H]3CN3CCN(c4nsc5ccccc45)CC3)C(=O)[C@H]21. The summed E-state index contributed by atoms with van der Waals surface area (Å²) >= 11 is 1.58. The molecule has 3 heterocycles. The van der Waals surface area contributed by atoms with Gasteiger partial charge in [-0.05, 0) is 74.0 Å². The van der Waals surface area contributed by atoms with Gasteiger partial charge in [-0.3, -0.25) is 19.4 Å². The summed E-state index contributed by atoms with van der Waals surface area (Å²) in [6.07, 6.45) is 6.22. The van der Waals surface area contributed by atoms with Crippen LogP contribution in [0.25, 0.3) is 10.1 Å². The van der Waals surface area contributed by atoms with Gasteiger partial charge in [-0.25, -0.2) is 0 Å². The Morgan fingerprint density at radius 3 is 2.49 bits per heavy atom. The van der Waals surface area contributed by atoms with Crippen LogP contribution < -0.4 is 4.90 Å². The molecule has 7 nitrogen and oxygen atoms in total. The lowest BCUT2D eigenvalue weighted by Crippen LogP contribution is -2.49. The van der Waals surface area contributed by atoms with Crippen molar-refractivity contribution in [3.05, 3.63) is 24.3 Å². The van der Waals surface area contributed by atoms with Crippen LogP contribution in [-0.4, -0.2) is 76.0 Å². The summed E-state index contributed by atoms with van der Waals surface area (Å²) in [4.78, 5) is 33.5. The molecule has 7 atom stereocenters. The average molecular weight is 523 g/mol. The van der Waals surface area contributed by atoms with Crippen LogP contribution in [0.2, 0.25) is 0 Å². The number of anilines is 1. The first kappa shape index (κ1) is 24.0. The number of aromatic nitrogens is 1. The first-order chi connectivity index (χ1) is 17.9. The Balaban J connectivity index is 0.991. The minimum absolute atomic E-state index is 0.0101. The molecule has 198 valence electrons. The summed E-state index contributed by atoms with van der Waals surface area (Å²) in [5.41, 5.74) is -0.794. The van der Waals surface area contributed by atoms with Crippen molar-refractivity contribution in [1.82, 2.24) is 14.2 Å². The molecule has 37 heavy (non-hydrogen) atoms. The molecule has 2 aromatic rings. The molecule has 5 fully saturated rings. The maximum Gasteiger partial charge on any atom is 0.233 e. The largest absolute Gasteiger partial charge is 0.390 e. The molecular weight excluding hydrogens is 484 g/mol. The number of aliphatic hydroxyl groups is 1. The number of piperazine rings is 1. The molecule has 2 aliphatic heterocycles. The minimum atomic E-state index is -0.794. The van der Waals surface area contributed by atoms with Crippen molar-refractivity contribution in [1.29, 1.82) is 0 Å². The van der Waals surface area contributed by atoms with E-state index in [9.17, 15) is 14.7 Å². The molecule has 8 heteroatoms. The van der Waals surface area contributed by atoms with E-state index >= 15 is 0 Å². The van der Waals surface area contributed by atoms with Gasteiger partial charge in [0.1, 0.15) is 5.82 Å². The van der Waals surface area contributed by atoms with E-state index in [-0.39, 0.29) is 35.5 Å². The van der Waals surface area contributed by atoms with Crippen molar-refractivity contribution >= 4 is 39.3 Å². The summed E-state index contributed by atoms with van der Waals surface area (Å²) in [5.74, 6) is 1.80. The maximum absolute atomic E-state index is 13.5. The summed E-state index contributed by atoms with van der Waals surface area (Å²) < 4.78 is 6.00. The number of imide groups is 1. The van der Waals surface area contributed by atoms with E-state index in [0.717, 1.165) is 51.4 Å². The second kappa shape index (κ2) is 9.02. The zero-order valence-corrected chi connectivity index (χ0v) is 22.5. The third-order valence-electron chi connectivity index (χ3n) is 10.5. The molecule has 1 aromatic heterocycles. The Morgan fingerprint density at radius 1 is 1.00 bits per heavy atom. The van der Waals surface area contributed by atoms with Crippen molar-refractivity contribution in [3.8, 4) is 0 Å². The number of carbonyl (C=O) groups is 2. The highest BCUT2D eigenvalue weighted by atomic mass is 32.1. The first-order valence-electron chi connectivity index (χ1n) is 14.3. The van der Waals surface area contributed by atoms with Gasteiger partial charge >= 0.3 is 0 Å². The van der Waals surface area contributed by atoms with E-state index in [0.29, 0.717) is 24.8 Å². The van der Waals surface area contributed by atoms with Crippen LogP contribution in [-0.2, 0) is 9.59 Å². The van der Waals surface area contributed by atoms with Gasteiger partial charge in [0.15, 0.2) is 0 Å². The first-order valence-corrected chi connectivity index (χ1v) is 15.1. The van der Waals surface area contributed by atoms with E-state index in [1.807, 2.05) is 6.92 Å². The summed E-state index contributed by atoms with van der Waals surface area (Å²) in [7, 11) is 0. The van der Waals surface area contributed by atoms with Gasteiger partial charge in [0.25, 0.3) is 0 Å². The zero-order chi connectivity index (χ0) is 25.3. The van der Waals surface area contributed by atoms with Crippen LogP contribution in [0.1, 0.15) is 45.4 Å². The van der Waals surface area contributed by atoms with Gasteiger partial charge in [-0.15, -0.1) is 0 Å². The predicted molar refractivity (Wildman–Crippen MR) is 144 cm³/mol. The van der Waals surface area contributed by atoms with E-state index in [1.54, 1.807) is 16.4 Å². The van der Waals surface area contributed by atoms with Gasteiger partial charge < -0.3 is 10.0 Å². The molecular formula is C29H38N4O3S. The predicted octanol–water partition coefficient (Wildman–Crippen LogP) is 3.62. The van der Waals surface area contributed by atoms with E-state index < -0.39 is 5.60 Å². The zero-order valence-electron chi connectivity index (χ0n) is 21.7. The van der Waals surface area contributed by atoms with Gasteiger partial charge in [0.2, 0.25) is 11.8 Å². The standard InChI is InChI=1S/C29H38N4O3S/c1-29(36)15-20-14-22(29)25-24(20)27(34)33(28(25)35)17-19-7-3-2-6-18(19)16-31-10-12-32(13-11-31)26-21-8-4-5-9-23(21)37-30-26/h4-5,8-9,18-20,22,24-25,36H,2-3,6-7,10-17H2,1H3/t18-,19-,20-,22-,24+,25-,29+/m0/s1. The monoisotopic (exact) mass is 522 g/mol. The van der Waals surface area contributed by atoms with Crippen LogP contribution in [0.15, 0.2) is 24.3 Å². The molecule has 7 rings (SSSR count). The van der Waals surface area contributed by atoms with Crippen molar-refractivity contribution in [2.75, 3.05) is 44.2 Å². The molecule has 3 aliphatic carbocycles. The van der Waals surface area contributed by atoms with Crippen LogP contribution in [0.5, 0.6) is 0 Å². The molecule has 0 radical (unpaired) electrons. The Hall–Kier alpha value is -2.03. The van der Waals surface area contributed by atoms with E-state index in [1.165, 1.54) is 29.3 Å². The lowest BCUT2D eigenvalue weighted by molar-refractivity contribution is -0.142. The van der Waals surface area contributed by atoms with Crippen molar-refractivity contribution < 1.29 is 14.7 Å². The number of likely N-dealkylation sites (tertiary alicyclic amines) is 1. The Bertz CT molecular complexity index is 1200. The molecule has 0 spiro atoms.